The second-order valence-corrected chi connectivity index (χ2v) is 3.98. The number of hydrogen-bond acceptors (Lipinski definition) is 3. The molecule has 1 aromatic heterocycles. The molecule has 0 saturated heterocycles. The number of benzene rings is 1. The first-order valence-corrected chi connectivity index (χ1v) is 5.62. The van der Waals surface area contributed by atoms with Crippen LogP contribution in [-0.4, -0.2) is 17.7 Å². The molecule has 5 heteroatoms. The molecule has 0 amide bonds. The second-order valence-electron chi connectivity index (χ2n) is 3.12. The number of ether oxygens (including phenoxy) is 2. The van der Waals surface area contributed by atoms with Crippen LogP contribution in [0.15, 0.2) is 28.7 Å². The summed E-state index contributed by atoms with van der Waals surface area (Å²) in [5, 5.41) is 0.966. The second kappa shape index (κ2) is 4.57. The Hall–Kier alpha value is -1.49. The highest BCUT2D eigenvalue weighted by Gasteiger charge is 2.09. The maximum absolute atomic E-state index is 11.1. The molecule has 16 heavy (non-hydrogen) atoms. The fourth-order valence-corrected chi connectivity index (χ4v) is 1.87. The minimum Gasteiger partial charge on any atom is -0.434 e. The molecule has 0 spiro atoms. The smallest absolute Gasteiger partial charge is 0.434 e. The molecule has 0 saturated carbocycles. The average Bonchev–Trinajstić information content (AvgIpc) is 2.62. The van der Waals surface area contributed by atoms with Gasteiger partial charge in [0, 0.05) is 15.9 Å². The molecule has 4 nitrogen and oxygen atoms in total. The summed E-state index contributed by atoms with van der Waals surface area (Å²) in [4.78, 5) is 14.1. The summed E-state index contributed by atoms with van der Waals surface area (Å²) < 4.78 is 10.6. The summed E-state index contributed by atoms with van der Waals surface area (Å²) in [6.45, 7) is 2.02. The molecule has 0 unspecified atom stereocenters. The largest absolute Gasteiger partial charge is 0.515 e. The number of para-hydroxylation sites is 1. The minimum absolute atomic E-state index is 0.294. The predicted octanol–water partition coefficient (Wildman–Crippen LogP) is 3.47. The summed E-state index contributed by atoms with van der Waals surface area (Å²) in [6.07, 6.45) is -0.704. The quantitative estimate of drug-likeness (QED) is 0.859. The summed E-state index contributed by atoms with van der Waals surface area (Å²) in [5.74, 6) is 0.375. The molecule has 0 aliphatic carbocycles. The normalized spacial score (nSPS) is 10.4. The van der Waals surface area contributed by atoms with Gasteiger partial charge < -0.3 is 14.5 Å². The lowest BCUT2D eigenvalue weighted by molar-refractivity contribution is 0.103. The lowest BCUT2D eigenvalue weighted by Crippen LogP contribution is -2.09. The van der Waals surface area contributed by atoms with Crippen LogP contribution in [0.1, 0.15) is 6.92 Å². The number of H-pyrrole nitrogens is 1. The molecule has 0 aliphatic heterocycles. The molecular weight excluding hydrogens is 274 g/mol. The number of fused-ring (bicyclic) bond motifs is 1. The summed E-state index contributed by atoms with van der Waals surface area (Å²) in [5.41, 5.74) is 0.891. The Morgan fingerprint density at radius 2 is 2.31 bits per heavy atom. The molecule has 0 fully saturated rings. The zero-order valence-corrected chi connectivity index (χ0v) is 10.2. The molecule has 1 heterocycles. The van der Waals surface area contributed by atoms with Crippen molar-refractivity contribution in [1.29, 1.82) is 0 Å². The fourth-order valence-electron chi connectivity index (χ4n) is 1.39. The lowest BCUT2D eigenvalue weighted by atomic mass is 10.2. The molecular formula is C11H10BrNO3. The van der Waals surface area contributed by atoms with E-state index in [2.05, 4.69) is 25.7 Å². The predicted molar refractivity (Wildman–Crippen MR) is 63.6 cm³/mol. The Morgan fingerprint density at radius 3 is 3.00 bits per heavy atom. The van der Waals surface area contributed by atoms with Gasteiger partial charge in [-0.15, -0.1) is 0 Å². The molecule has 0 atom stereocenters. The highest BCUT2D eigenvalue weighted by molar-refractivity contribution is 9.10. The Labute approximate surface area is 101 Å². The number of aromatic nitrogens is 1. The van der Waals surface area contributed by atoms with Crippen LogP contribution in [0.5, 0.6) is 5.88 Å². The van der Waals surface area contributed by atoms with Crippen LogP contribution in [0.2, 0.25) is 0 Å². The van der Waals surface area contributed by atoms with Crippen molar-refractivity contribution in [3.8, 4) is 5.88 Å². The van der Waals surface area contributed by atoms with Crippen molar-refractivity contribution < 1.29 is 14.3 Å². The molecule has 0 radical (unpaired) electrons. The Morgan fingerprint density at radius 1 is 1.50 bits per heavy atom. The van der Waals surface area contributed by atoms with Crippen LogP contribution in [0.3, 0.4) is 0 Å². The van der Waals surface area contributed by atoms with Gasteiger partial charge in [0.1, 0.15) is 0 Å². The molecule has 0 bridgehead atoms. The van der Waals surface area contributed by atoms with Gasteiger partial charge in [-0.3, -0.25) is 0 Å². The van der Waals surface area contributed by atoms with E-state index in [1.165, 1.54) is 0 Å². The van der Waals surface area contributed by atoms with Crippen molar-refractivity contribution in [2.45, 2.75) is 6.92 Å². The van der Waals surface area contributed by atoms with Crippen molar-refractivity contribution in [2.75, 3.05) is 6.61 Å². The number of rotatable bonds is 2. The highest BCUT2D eigenvalue weighted by atomic mass is 79.9. The van der Waals surface area contributed by atoms with Crippen molar-refractivity contribution in [1.82, 2.24) is 4.98 Å². The van der Waals surface area contributed by atoms with E-state index in [4.69, 9.17) is 4.74 Å². The summed E-state index contributed by atoms with van der Waals surface area (Å²) in [6, 6.07) is 7.49. The lowest BCUT2D eigenvalue weighted by Gasteiger charge is -2.00. The number of nitrogens with one attached hydrogen (secondary N) is 1. The standard InChI is InChI=1S/C11H10BrNO3/c1-2-15-11(14)16-9-6-7-4-3-5-8(12)10(7)13-9/h3-6,13H,2H2,1H3. The zero-order valence-electron chi connectivity index (χ0n) is 8.62. The topological polar surface area (TPSA) is 51.3 Å². The Bertz CT molecular complexity index is 521. The third-order valence-corrected chi connectivity index (χ3v) is 2.70. The maximum atomic E-state index is 11.1. The Balaban J connectivity index is 2.26. The van der Waals surface area contributed by atoms with Gasteiger partial charge >= 0.3 is 6.16 Å². The van der Waals surface area contributed by atoms with Gasteiger partial charge in [-0.1, -0.05) is 12.1 Å². The van der Waals surface area contributed by atoms with Crippen molar-refractivity contribution in [3.63, 3.8) is 0 Å². The van der Waals surface area contributed by atoms with Gasteiger partial charge in [-0.2, -0.15) is 0 Å². The van der Waals surface area contributed by atoms with Gasteiger partial charge in [0.05, 0.1) is 12.1 Å². The van der Waals surface area contributed by atoms with E-state index < -0.39 is 6.16 Å². The first-order valence-electron chi connectivity index (χ1n) is 4.82. The van der Waals surface area contributed by atoms with E-state index in [1.54, 1.807) is 13.0 Å². The van der Waals surface area contributed by atoms with Crippen LogP contribution in [-0.2, 0) is 4.74 Å². The fraction of sp³-hybridized carbons (Fsp3) is 0.182. The number of hydrogen-bond donors (Lipinski definition) is 1. The molecule has 0 aliphatic rings. The van der Waals surface area contributed by atoms with Gasteiger partial charge in [0.2, 0.25) is 5.88 Å². The number of carbonyl (C=O) groups excluding carboxylic acids is 1. The first kappa shape index (κ1) is 11.0. The highest BCUT2D eigenvalue weighted by Crippen LogP contribution is 2.26. The van der Waals surface area contributed by atoms with Crippen molar-refractivity contribution in [2.24, 2.45) is 0 Å². The molecule has 2 rings (SSSR count). The number of halogens is 1. The number of carbonyl (C=O) groups is 1. The maximum Gasteiger partial charge on any atom is 0.515 e. The molecule has 1 aromatic carbocycles. The third kappa shape index (κ3) is 2.19. The minimum atomic E-state index is -0.704. The van der Waals surface area contributed by atoms with E-state index in [0.717, 1.165) is 15.4 Å². The Kier molecular flexibility index (Phi) is 3.14. The van der Waals surface area contributed by atoms with Crippen LogP contribution in [0.4, 0.5) is 4.79 Å². The average molecular weight is 284 g/mol. The first-order chi connectivity index (χ1) is 7.70. The van der Waals surface area contributed by atoms with Crippen molar-refractivity contribution in [3.05, 3.63) is 28.7 Å². The van der Waals surface area contributed by atoms with E-state index in [1.807, 2.05) is 18.2 Å². The number of aromatic amines is 1. The van der Waals surface area contributed by atoms with E-state index in [-0.39, 0.29) is 0 Å². The van der Waals surface area contributed by atoms with Crippen LogP contribution in [0.25, 0.3) is 10.9 Å². The van der Waals surface area contributed by atoms with Gasteiger partial charge in [0.15, 0.2) is 0 Å². The zero-order chi connectivity index (χ0) is 11.5. The monoisotopic (exact) mass is 283 g/mol. The summed E-state index contributed by atoms with van der Waals surface area (Å²) >= 11 is 3.40. The van der Waals surface area contributed by atoms with Crippen LogP contribution >= 0.6 is 15.9 Å². The van der Waals surface area contributed by atoms with E-state index in [0.29, 0.717) is 12.5 Å². The van der Waals surface area contributed by atoms with Crippen molar-refractivity contribution >= 4 is 33.0 Å². The van der Waals surface area contributed by atoms with Gasteiger partial charge in [-0.25, -0.2) is 4.79 Å². The molecule has 1 N–H and O–H groups in total. The molecule has 84 valence electrons. The molecule has 2 aromatic rings. The summed E-state index contributed by atoms with van der Waals surface area (Å²) in [7, 11) is 0. The SMILES string of the molecule is CCOC(=O)Oc1cc2cccc(Br)c2[nH]1. The van der Waals surface area contributed by atoms with Crippen LogP contribution < -0.4 is 4.74 Å². The van der Waals surface area contributed by atoms with Crippen LogP contribution in [0, 0.1) is 0 Å². The van der Waals surface area contributed by atoms with E-state index in [9.17, 15) is 4.79 Å². The third-order valence-electron chi connectivity index (χ3n) is 2.04. The van der Waals surface area contributed by atoms with Gasteiger partial charge in [0.25, 0.3) is 0 Å². The van der Waals surface area contributed by atoms with E-state index >= 15 is 0 Å². The van der Waals surface area contributed by atoms with Gasteiger partial charge in [-0.05, 0) is 28.9 Å².